The molecule has 2 nitrogen and oxygen atoms in total. The number of nitrogens with one attached hydrogen (secondary N) is 2. The molecule has 0 bridgehead atoms. The van der Waals surface area contributed by atoms with Crippen molar-refractivity contribution >= 4 is 23.0 Å². The van der Waals surface area contributed by atoms with Gasteiger partial charge in [0, 0.05) is 5.69 Å². The van der Waals surface area contributed by atoms with Gasteiger partial charge in [-0.05, 0) is 61.8 Å². The highest BCUT2D eigenvalue weighted by Gasteiger charge is 2.06. The Hall–Kier alpha value is -1.87. The van der Waals surface area contributed by atoms with Crippen LogP contribution in [-0.2, 0) is 0 Å². The standard InChI is InChI=1S/C17H20N2S/c1-12-9-13(2)11-16(10-12)19-17(20)18-14(3)15-7-5-4-6-8-15/h4-11,14H,1-3H3,(H2,18,19,20). The second-order valence-corrected chi connectivity index (χ2v) is 5.52. The van der Waals surface area contributed by atoms with Gasteiger partial charge < -0.3 is 10.6 Å². The number of rotatable bonds is 3. The topological polar surface area (TPSA) is 24.1 Å². The van der Waals surface area contributed by atoms with Crippen molar-refractivity contribution in [3.63, 3.8) is 0 Å². The summed E-state index contributed by atoms with van der Waals surface area (Å²) in [5.41, 5.74) is 4.70. The molecule has 0 aromatic heterocycles. The molecule has 0 heterocycles. The molecule has 20 heavy (non-hydrogen) atoms. The van der Waals surface area contributed by atoms with Crippen molar-refractivity contribution in [3.05, 3.63) is 65.2 Å². The molecule has 0 aliphatic rings. The van der Waals surface area contributed by atoms with Gasteiger partial charge in [0.2, 0.25) is 0 Å². The van der Waals surface area contributed by atoms with Crippen LogP contribution in [0.3, 0.4) is 0 Å². The molecule has 0 fully saturated rings. The third kappa shape index (κ3) is 4.07. The maximum atomic E-state index is 5.38. The highest BCUT2D eigenvalue weighted by molar-refractivity contribution is 7.80. The molecule has 2 rings (SSSR count). The summed E-state index contributed by atoms with van der Waals surface area (Å²) in [5, 5.41) is 7.19. The van der Waals surface area contributed by atoms with Crippen molar-refractivity contribution in [2.75, 3.05) is 5.32 Å². The second-order valence-electron chi connectivity index (χ2n) is 5.11. The number of benzene rings is 2. The highest BCUT2D eigenvalue weighted by Crippen LogP contribution is 2.15. The fourth-order valence-corrected chi connectivity index (χ4v) is 2.53. The summed E-state index contributed by atoms with van der Waals surface area (Å²) >= 11 is 5.38. The summed E-state index contributed by atoms with van der Waals surface area (Å²) in [6, 6.07) is 16.8. The third-order valence-electron chi connectivity index (χ3n) is 3.13. The van der Waals surface area contributed by atoms with E-state index >= 15 is 0 Å². The Balaban J connectivity index is 1.99. The average molecular weight is 284 g/mol. The maximum Gasteiger partial charge on any atom is 0.171 e. The van der Waals surface area contributed by atoms with Crippen LogP contribution in [0.25, 0.3) is 0 Å². The minimum absolute atomic E-state index is 0.183. The molecule has 2 aromatic carbocycles. The number of hydrogen-bond acceptors (Lipinski definition) is 1. The first-order valence-electron chi connectivity index (χ1n) is 6.75. The Kier molecular flexibility index (Phi) is 4.74. The Morgan fingerprint density at radius 3 is 2.20 bits per heavy atom. The predicted octanol–water partition coefficient (Wildman–Crippen LogP) is 4.35. The molecular weight excluding hydrogens is 264 g/mol. The van der Waals surface area contributed by atoms with Gasteiger partial charge in [-0.1, -0.05) is 36.4 Å². The van der Waals surface area contributed by atoms with Crippen LogP contribution in [0.1, 0.15) is 29.7 Å². The molecular formula is C17H20N2S. The first kappa shape index (κ1) is 14.5. The van der Waals surface area contributed by atoms with Crippen LogP contribution in [-0.4, -0.2) is 5.11 Å². The second kappa shape index (κ2) is 6.53. The number of hydrogen-bond donors (Lipinski definition) is 2. The van der Waals surface area contributed by atoms with E-state index in [9.17, 15) is 0 Å². The maximum absolute atomic E-state index is 5.38. The van der Waals surface area contributed by atoms with Crippen LogP contribution in [0.2, 0.25) is 0 Å². The van der Waals surface area contributed by atoms with Crippen LogP contribution >= 0.6 is 12.2 Å². The highest BCUT2D eigenvalue weighted by atomic mass is 32.1. The lowest BCUT2D eigenvalue weighted by molar-refractivity contribution is 0.722. The van der Waals surface area contributed by atoms with Crippen LogP contribution in [0, 0.1) is 13.8 Å². The largest absolute Gasteiger partial charge is 0.356 e. The normalized spacial score (nSPS) is 11.8. The molecule has 1 unspecified atom stereocenters. The van der Waals surface area contributed by atoms with Gasteiger partial charge in [0.25, 0.3) is 0 Å². The zero-order valence-electron chi connectivity index (χ0n) is 12.1. The van der Waals surface area contributed by atoms with Gasteiger partial charge in [-0.15, -0.1) is 0 Å². The first-order chi connectivity index (χ1) is 9.54. The van der Waals surface area contributed by atoms with Crippen LogP contribution in [0.15, 0.2) is 48.5 Å². The molecule has 0 saturated heterocycles. The lowest BCUT2D eigenvalue weighted by Gasteiger charge is -2.17. The summed E-state index contributed by atoms with van der Waals surface area (Å²) in [6.45, 7) is 6.27. The van der Waals surface area contributed by atoms with E-state index in [0.29, 0.717) is 5.11 Å². The monoisotopic (exact) mass is 284 g/mol. The molecule has 2 N–H and O–H groups in total. The van der Waals surface area contributed by atoms with Crippen molar-refractivity contribution in [3.8, 4) is 0 Å². The summed E-state index contributed by atoms with van der Waals surface area (Å²) in [4.78, 5) is 0. The predicted molar refractivity (Wildman–Crippen MR) is 90.1 cm³/mol. The van der Waals surface area contributed by atoms with Crippen molar-refractivity contribution in [1.29, 1.82) is 0 Å². The number of anilines is 1. The molecule has 1 atom stereocenters. The van der Waals surface area contributed by atoms with E-state index in [1.807, 2.05) is 18.2 Å². The first-order valence-corrected chi connectivity index (χ1v) is 7.16. The summed E-state index contributed by atoms with van der Waals surface area (Å²) in [5.74, 6) is 0. The van der Waals surface area contributed by atoms with E-state index in [1.165, 1.54) is 16.7 Å². The van der Waals surface area contributed by atoms with Gasteiger partial charge in [0.15, 0.2) is 5.11 Å². The third-order valence-corrected chi connectivity index (χ3v) is 3.35. The number of aryl methyl sites for hydroxylation is 2. The van der Waals surface area contributed by atoms with Gasteiger partial charge in [-0.2, -0.15) is 0 Å². The molecule has 104 valence electrons. The van der Waals surface area contributed by atoms with Crippen LogP contribution in [0.5, 0.6) is 0 Å². The summed E-state index contributed by atoms with van der Waals surface area (Å²) in [6.07, 6.45) is 0. The zero-order chi connectivity index (χ0) is 14.5. The van der Waals surface area contributed by atoms with E-state index in [2.05, 4.69) is 61.7 Å². The van der Waals surface area contributed by atoms with E-state index < -0.39 is 0 Å². The quantitative estimate of drug-likeness (QED) is 0.819. The van der Waals surface area contributed by atoms with Gasteiger partial charge in [-0.25, -0.2) is 0 Å². The molecule has 0 aliphatic heterocycles. The van der Waals surface area contributed by atoms with Crippen LogP contribution < -0.4 is 10.6 Å². The summed E-state index contributed by atoms with van der Waals surface area (Å²) in [7, 11) is 0. The Labute approximate surface area is 126 Å². The van der Waals surface area contributed by atoms with Crippen molar-refractivity contribution in [1.82, 2.24) is 5.32 Å². The molecule has 0 amide bonds. The van der Waals surface area contributed by atoms with Crippen molar-refractivity contribution < 1.29 is 0 Å². The molecule has 0 radical (unpaired) electrons. The van der Waals surface area contributed by atoms with E-state index in [1.54, 1.807) is 0 Å². The summed E-state index contributed by atoms with van der Waals surface area (Å²) < 4.78 is 0. The van der Waals surface area contributed by atoms with Crippen molar-refractivity contribution in [2.24, 2.45) is 0 Å². The average Bonchev–Trinajstić information content (AvgIpc) is 2.38. The fraction of sp³-hybridized carbons (Fsp3) is 0.235. The van der Waals surface area contributed by atoms with E-state index in [0.717, 1.165) is 5.69 Å². The molecule has 3 heteroatoms. The molecule has 0 aliphatic carbocycles. The van der Waals surface area contributed by atoms with Gasteiger partial charge in [0.1, 0.15) is 0 Å². The molecule has 0 spiro atoms. The minimum Gasteiger partial charge on any atom is -0.356 e. The van der Waals surface area contributed by atoms with Crippen molar-refractivity contribution in [2.45, 2.75) is 26.8 Å². The smallest absolute Gasteiger partial charge is 0.171 e. The fourth-order valence-electron chi connectivity index (χ4n) is 2.24. The SMILES string of the molecule is Cc1cc(C)cc(NC(=S)NC(C)c2ccccc2)c1. The molecule has 2 aromatic rings. The number of thiocarbonyl (C=S) groups is 1. The van der Waals surface area contributed by atoms with E-state index in [-0.39, 0.29) is 6.04 Å². The minimum atomic E-state index is 0.183. The lowest BCUT2D eigenvalue weighted by atomic mass is 10.1. The Morgan fingerprint density at radius 2 is 1.60 bits per heavy atom. The van der Waals surface area contributed by atoms with Gasteiger partial charge in [-0.3, -0.25) is 0 Å². The van der Waals surface area contributed by atoms with E-state index in [4.69, 9.17) is 12.2 Å². The lowest BCUT2D eigenvalue weighted by Crippen LogP contribution is -2.30. The zero-order valence-corrected chi connectivity index (χ0v) is 12.9. The van der Waals surface area contributed by atoms with Gasteiger partial charge >= 0.3 is 0 Å². The van der Waals surface area contributed by atoms with Crippen LogP contribution in [0.4, 0.5) is 5.69 Å². The Morgan fingerprint density at radius 1 is 1.00 bits per heavy atom. The van der Waals surface area contributed by atoms with Gasteiger partial charge in [0.05, 0.1) is 6.04 Å². The Bertz CT molecular complexity index is 573. The molecule has 0 saturated carbocycles.